The van der Waals surface area contributed by atoms with Gasteiger partial charge in [-0.3, -0.25) is 23.7 Å². The molecule has 0 atom stereocenters. The van der Waals surface area contributed by atoms with E-state index in [1.165, 1.54) is 10.5 Å². The highest BCUT2D eigenvalue weighted by atomic mass is 16.5. The third-order valence-corrected chi connectivity index (χ3v) is 5.20. The van der Waals surface area contributed by atoms with E-state index in [9.17, 15) is 19.2 Å². The van der Waals surface area contributed by atoms with Crippen LogP contribution in [0.2, 0.25) is 0 Å². The molecule has 9 nitrogen and oxygen atoms in total. The molecule has 2 aromatic heterocycles. The summed E-state index contributed by atoms with van der Waals surface area (Å²) in [5.74, 6) is -1.14. The van der Waals surface area contributed by atoms with Crippen molar-refractivity contribution in [1.29, 1.82) is 0 Å². The van der Waals surface area contributed by atoms with Crippen LogP contribution in [0, 0.1) is 6.92 Å². The summed E-state index contributed by atoms with van der Waals surface area (Å²) >= 11 is 0. The van der Waals surface area contributed by atoms with Gasteiger partial charge in [0.15, 0.2) is 0 Å². The standard InChI is InChI=1S/C21H26N4O5/c1-4-9-21(10-5-2)19(28)24(20(29)23-21)12-18(27)30-13-15-11-17(26)25-14(3)7-6-8-16(25)22-15/h6-8,11H,4-5,9-10,12-13H2,1-3H3,(H,23,29). The van der Waals surface area contributed by atoms with Gasteiger partial charge in [-0.15, -0.1) is 0 Å². The van der Waals surface area contributed by atoms with E-state index >= 15 is 0 Å². The second kappa shape index (κ2) is 8.64. The van der Waals surface area contributed by atoms with Crippen LogP contribution in [0.3, 0.4) is 0 Å². The van der Waals surface area contributed by atoms with E-state index in [-0.39, 0.29) is 12.2 Å². The molecule has 0 aromatic carbocycles. The van der Waals surface area contributed by atoms with Crippen LogP contribution in [0.15, 0.2) is 29.1 Å². The van der Waals surface area contributed by atoms with Crippen molar-refractivity contribution < 1.29 is 19.1 Å². The van der Waals surface area contributed by atoms with E-state index in [1.54, 1.807) is 25.1 Å². The average Bonchev–Trinajstić information content (AvgIpc) is 2.91. The maximum absolute atomic E-state index is 12.8. The molecule has 0 saturated carbocycles. The number of amides is 3. The van der Waals surface area contributed by atoms with E-state index in [4.69, 9.17) is 4.74 Å². The van der Waals surface area contributed by atoms with Gasteiger partial charge in [-0.1, -0.05) is 32.8 Å². The highest BCUT2D eigenvalue weighted by Crippen LogP contribution is 2.28. The first-order valence-corrected chi connectivity index (χ1v) is 10.1. The van der Waals surface area contributed by atoms with Gasteiger partial charge in [0.2, 0.25) is 0 Å². The molecule has 30 heavy (non-hydrogen) atoms. The van der Waals surface area contributed by atoms with Crippen LogP contribution >= 0.6 is 0 Å². The van der Waals surface area contributed by atoms with Gasteiger partial charge in [0, 0.05) is 11.8 Å². The van der Waals surface area contributed by atoms with E-state index < -0.39 is 30.0 Å². The molecule has 160 valence electrons. The molecule has 1 N–H and O–H groups in total. The van der Waals surface area contributed by atoms with E-state index in [2.05, 4.69) is 10.3 Å². The molecular weight excluding hydrogens is 388 g/mol. The Balaban J connectivity index is 1.68. The van der Waals surface area contributed by atoms with Crippen LogP contribution in [-0.2, 0) is 20.9 Å². The molecule has 3 heterocycles. The summed E-state index contributed by atoms with van der Waals surface area (Å²) in [4.78, 5) is 55.0. The lowest BCUT2D eigenvalue weighted by atomic mass is 9.88. The summed E-state index contributed by atoms with van der Waals surface area (Å²) in [7, 11) is 0. The molecule has 3 amide bonds. The van der Waals surface area contributed by atoms with E-state index in [0.717, 1.165) is 23.4 Å². The number of pyridine rings is 1. The van der Waals surface area contributed by atoms with Crippen molar-refractivity contribution in [1.82, 2.24) is 19.6 Å². The Hall–Kier alpha value is -3.23. The Morgan fingerprint density at radius 2 is 1.87 bits per heavy atom. The molecule has 3 rings (SSSR count). The molecule has 0 aliphatic carbocycles. The molecule has 0 radical (unpaired) electrons. The minimum Gasteiger partial charge on any atom is -0.458 e. The van der Waals surface area contributed by atoms with Gasteiger partial charge in [-0.05, 0) is 31.9 Å². The zero-order valence-corrected chi connectivity index (χ0v) is 17.4. The van der Waals surface area contributed by atoms with Crippen molar-refractivity contribution in [3.05, 3.63) is 46.0 Å². The topological polar surface area (TPSA) is 110 Å². The van der Waals surface area contributed by atoms with Gasteiger partial charge in [0.05, 0.1) is 5.69 Å². The summed E-state index contributed by atoms with van der Waals surface area (Å²) in [5.41, 5.74) is 0.263. The molecule has 0 unspecified atom stereocenters. The van der Waals surface area contributed by atoms with Crippen molar-refractivity contribution >= 4 is 23.6 Å². The first-order chi connectivity index (χ1) is 14.3. The van der Waals surface area contributed by atoms with Gasteiger partial charge in [0.25, 0.3) is 11.5 Å². The maximum atomic E-state index is 12.8. The molecule has 1 aliphatic heterocycles. The number of ether oxygens (including phenoxy) is 1. The van der Waals surface area contributed by atoms with Gasteiger partial charge in [0.1, 0.15) is 24.3 Å². The number of hydrogen-bond donors (Lipinski definition) is 1. The van der Waals surface area contributed by atoms with Crippen molar-refractivity contribution in [3.63, 3.8) is 0 Å². The number of nitrogens with zero attached hydrogens (tertiary/aromatic N) is 3. The number of urea groups is 1. The van der Waals surface area contributed by atoms with Gasteiger partial charge in [-0.2, -0.15) is 0 Å². The number of aromatic nitrogens is 2. The first-order valence-electron chi connectivity index (χ1n) is 10.1. The Morgan fingerprint density at radius 1 is 1.17 bits per heavy atom. The van der Waals surface area contributed by atoms with Crippen molar-refractivity contribution in [2.45, 2.75) is 58.6 Å². The zero-order valence-electron chi connectivity index (χ0n) is 17.4. The summed E-state index contributed by atoms with van der Waals surface area (Å²) in [6.45, 7) is 4.97. The van der Waals surface area contributed by atoms with Crippen LogP contribution in [0.5, 0.6) is 0 Å². The number of aryl methyl sites for hydroxylation is 1. The minimum absolute atomic E-state index is 0.225. The maximum Gasteiger partial charge on any atom is 0.326 e. The number of carbonyl (C=O) groups excluding carboxylic acids is 3. The average molecular weight is 414 g/mol. The molecule has 2 aromatic rings. The number of fused-ring (bicyclic) bond motifs is 1. The highest BCUT2D eigenvalue weighted by molar-refractivity contribution is 6.08. The molecule has 1 aliphatic rings. The highest BCUT2D eigenvalue weighted by Gasteiger charge is 2.50. The fourth-order valence-corrected chi connectivity index (χ4v) is 3.90. The third-order valence-electron chi connectivity index (χ3n) is 5.20. The Labute approximate surface area is 174 Å². The Bertz CT molecular complexity index is 1040. The van der Waals surface area contributed by atoms with Gasteiger partial charge in [-0.25, -0.2) is 9.78 Å². The number of carbonyl (C=O) groups is 3. The SMILES string of the molecule is CCCC1(CCC)NC(=O)N(CC(=O)OCc2cc(=O)n3c(C)cccc3n2)C1=O. The van der Waals surface area contributed by atoms with Crippen molar-refractivity contribution in [2.75, 3.05) is 6.54 Å². The van der Waals surface area contributed by atoms with Gasteiger partial charge < -0.3 is 10.1 Å². The lowest BCUT2D eigenvalue weighted by molar-refractivity contribution is -0.149. The molecule has 0 bridgehead atoms. The van der Waals surface area contributed by atoms with E-state index in [0.29, 0.717) is 24.2 Å². The molecule has 1 saturated heterocycles. The van der Waals surface area contributed by atoms with Crippen molar-refractivity contribution in [2.24, 2.45) is 0 Å². The summed E-state index contributed by atoms with van der Waals surface area (Å²) in [6, 6.07) is 5.98. The number of rotatable bonds is 8. The predicted molar refractivity (Wildman–Crippen MR) is 109 cm³/mol. The summed E-state index contributed by atoms with van der Waals surface area (Å²) < 4.78 is 6.64. The Kier molecular flexibility index (Phi) is 6.19. The van der Waals surface area contributed by atoms with Crippen LogP contribution < -0.4 is 10.9 Å². The van der Waals surface area contributed by atoms with Crippen LogP contribution in [0.1, 0.15) is 50.9 Å². The number of esters is 1. The number of hydrogen-bond acceptors (Lipinski definition) is 6. The molecule has 1 fully saturated rings. The molecular formula is C21H26N4O5. The minimum atomic E-state index is -0.951. The normalized spacial score (nSPS) is 15.5. The monoisotopic (exact) mass is 414 g/mol. The lowest BCUT2D eigenvalue weighted by Gasteiger charge is -2.25. The zero-order chi connectivity index (χ0) is 21.9. The first kappa shape index (κ1) is 21.5. The fourth-order valence-electron chi connectivity index (χ4n) is 3.90. The number of nitrogens with one attached hydrogen (secondary N) is 1. The molecule has 0 spiro atoms. The quantitative estimate of drug-likeness (QED) is 0.522. The lowest BCUT2D eigenvalue weighted by Crippen LogP contribution is -2.47. The third kappa shape index (κ3) is 4.05. The number of imide groups is 1. The van der Waals surface area contributed by atoms with Crippen molar-refractivity contribution in [3.8, 4) is 0 Å². The summed E-state index contributed by atoms with van der Waals surface area (Å²) in [6.07, 6.45) is 2.49. The largest absolute Gasteiger partial charge is 0.458 e. The Morgan fingerprint density at radius 3 is 2.53 bits per heavy atom. The van der Waals surface area contributed by atoms with Crippen LogP contribution in [-0.4, -0.2) is 44.3 Å². The van der Waals surface area contributed by atoms with Crippen LogP contribution in [0.4, 0.5) is 4.79 Å². The smallest absolute Gasteiger partial charge is 0.326 e. The second-order valence-electron chi connectivity index (χ2n) is 7.51. The van der Waals surface area contributed by atoms with Gasteiger partial charge >= 0.3 is 12.0 Å². The summed E-state index contributed by atoms with van der Waals surface area (Å²) in [5, 5.41) is 2.75. The van der Waals surface area contributed by atoms with E-state index in [1.807, 2.05) is 13.8 Å². The fraction of sp³-hybridized carbons (Fsp3) is 0.476. The predicted octanol–water partition coefficient (Wildman–Crippen LogP) is 1.94. The molecule has 9 heteroatoms. The van der Waals surface area contributed by atoms with Crippen LogP contribution in [0.25, 0.3) is 5.65 Å². The second-order valence-corrected chi connectivity index (χ2v) is 7.51.